The quantitative estimate of drug-likeness (QED) is 0.724. The van der Waals surface area contributed by atoms with Gasteiger partial charge in [-0.15, -0.1) is 11.3 Å². The van der Waals surface area contributed by atoms with Crippen LogP contribution in [0, 0.1) is 0 Å². The van der Waals surface area contributed by atoms with E-state index in [1.165, 1.54) is 16.3 Å². The molecule has 27 heavy (non-hydrogen) atoms. The van der Waals surface area contributed by atoms with Gasteiger partial charge in [-0.25, -0.2) is 5.01 Å². The van der Waals surface area contributed by atoms with Gasteiger partial charge in [0, 0.05) is 29.3 Å². The number of nitrogens with zero attached hydrogens (tertiary/aromatic N) is 2. The van der Waals surface area contributed by atoms with Gasteiger partial charge < -0.3 is 19.4 Å². The van der Waals surface area contributed by atoms with Crippen molar-refractivity contribution in [1.82, 2.24) is 5.01 Å². The van der Waals surface area contributed by atoms with E-state index in [4.69, 9.17) is 9.47 Å². The zero-order valence-electron chi connectivity index (χ0n) is 15.0. The Morgan fingerprint density at radius 1 is 1.22 bits per heavy atom. The van der Waals surface area contributed by atoms with E-state index in [9.17, 15) is 14.7 Å². The molecule has 0 N–H and O–H groups in total. The number of methoxy groups -OCH3 is 2. The van der Waals surface area contributed by atoms with Crippen molar-refractivity contribution in [3.8, 4) is 11.5 Å². The summed E-state index contributed by atoms with van der Waals surface area (Å²) in [6.45, 7) is 0. The van der Waals surface area contributed by atoms with Gasteiger partial charge in [0.25, 0.3) is 0 Å². The number of carboxylic acid groups (broad SMARTS) is 1. The number of carbonyl (C=O) groups excluding carboxylic acids is 2. The summed E-state index contributed by atoms with van der Waals surface area (Å²) in [5.41, 5.74) is 1.56. The molecule has 0 bridgehead atoms. The van der Waals surface area contributed by atoms with Crippen molar-refractivity contribution in [3.05, 3.63) is 46.2 Å². The van der Waals surface area contributed by atoms with E-state index >= 15 is 0 Å². The van der Waals surface area contributed by atoms with Gasteiger partial charge in [-0.1, -0.05) is 6.07 Å². The van der Waals surface area contributed by atoms with Crippen LogP contribution >= 0.6 is 11.3 Å². The molecule has 1 atom stereocenters. The fourth-order valence-corrected chi connectivity index (χ4v) is 3.77. The average molecular weight is 387 g/mol. The molecule has 2 heterocycles. The summed E-state index contributed by atoms with van der Waals surface area (Å²) in [4.78, 5) is 24.2. The maximum Gasteiger partial charge on any atom is 0.243 e. The summed E-state index contributed by atoms with van der Waals surface area (Å²) in [6, 6.07) is 9.08. The van der Waals surface area contributed by atoms with Crippen LogP contribution in [0.3, 0.4) is 0 Å². The lowest BCUT2D eigenvalue weighted by molar-refractivity contribution is -0.305. The number of carbonyl (C=O) groups is 2. The van der Waals surface area contributed by atoms with Crippen LogP contribution in [0.4, 0.5) is 0 Å². The topological polar surface area (TPSA) is 91.3 Å². The fourth-order valence-electron chi connectivity index (χ4n) is 2.96. The highest BCUT2D eigenvalue weighted by Gasteiger charge is 2.33. The van der Waals surface area contributed by atoms with Crippen molar-refractivity contribution in [2.24, 2.45) is 5.10 Å². The molecule has 0 spiro atoms. The number of hydrogen-bond donors (Lipinski definition) is 0. The lowest BCUT2D eigenvalue weighted by atomic mass is 10.0. The minimum atomic E-state index is -1.25. The monoisotopic (exact) mass is 387 g/mol. The zero-order chi connectivity index (χ0) is 19.4. The lowest BCUT2D eigenvalue weighted by Gasteiger charge is -2.20. The van der Waals surface area contributed by atoms with Gasteiger partial charge in [-0.2, -0.15) is 5.10 Å². The molecule has 1 aliphatic rings. The van der Waals surface area contributed by atoms with E-state index in [1.807, 2.05) is 29.6 Å². The normalized spacial score (nSPS) is 16.1. The Morgan fingerprint density at radius 2 is 2.00 bits per heavy atom. The molecule has 142 valence electrons. The van der Waals surface area contributed by atoms with E-state index in [0.29, 0.717) is 17.9 Å². The first kappa shape index (κ1) is 18.9. The first-order valence-corrected chi connectivity index (χ1v) is 9.26. The number of thiophene rings is 1. The summed E-state index contributed by atoms with van der Waals surface area (Å²) >= 11 is 1.54. The SMILES string of the molecule is COc1ccc(C2=NN(C(=O)CCC(=O)[O-])[C@H](c3cccs3)C2)cc1OC. The molecule has 7 nitrogen and oxygen atoms in total. The molecular formula is C19H19N2O5S-. The second-order valence-electron chi connectivity index (χ2n) is 5.96. The van der Waals surface area contributed by atoms with Crippen molar-refractivity contribution in [2.45, 2.75) is 25.3 Å². The van der Waals surface area contributed by atoms with Gasteiger partial charge >= 0.3 is 0 Å². The number of benzene rings is 1. The molecule has 1 aromatic heterocycles. The minimum Gasteiger partial charge on any atom is -0.550 e. The molecule has 0 radical (unpaired) electrons. The highest BCUT2D eigenvalue weighted by atomic mass is 32.1. The second-order valence-corrected chi connectivity index (χ2v) is 6.94. The maximum absolute atomic E-state index is 12.5. The minimum absolute atomic E-state index is 0.146. The van der Waals surface area contributed by atoms with Crippen molar-refractivity contribution in [3.63, 3.8) is 0 Å². The van der Waals surface area contributed by atoms with Crippen LogP contribution in [0.5, 0.6) is 11.5 Å². The highest BCUT2D eigenvalue weighted by Crippen LogP contribution is 2.37. The van der Waals surface area contributed by atoms with Crippen LogP contribution in [0.25, 0.3) is 0 Å². The molecule has 1 aromatic carbocycles. The first-order chi connectivity index (χ1) is 13.0. The van der Waals surface area contributed by atoms with Gasteiger partial charge in [0.15, 0.2) is 11.5 Å². The lowest BCUT2D eigenvalue weighted by Crippen LogP contribution is -2.29. The van der Waals surface area contributed by atoms with Gasteiger partial charge in [0.1, 0.15) is 0 Å². The van der Waals surface area contributed by atoms with Crippen LogP contribution in [-0.4, -0.2) is 36.8 Å². The summed E-state index contributed by atoms with van der Waals surface area (Å²) in [6.07, 6.45) is 0.0632. The molecule has 0 unspecified atom stereocenters. The van der Waals surface area contributed by atoms with E-state index in [-0.39, 0.29) is 24.8 Å². The van der Waals surface area contributed by atoms with E-state index in [1.54, 1.807) is 20.3 Å². The largest absolute Gasteiger partial charge is 0.550 e. The standard InChI is InChI=1S/C19H20N2O5S/c1-25-15-6-5-12(10-16(15)26-2)13-11-14(17-4-3-9-27-17)21(20-13)18(22)7-8-19(23)24/h3-6,9-10,14H,7-8,11H2,1-2H3,(H,23,24)/p-1/t14-/m0/s1. The van der Waals surface area contributed by atoms with Crippen molar-refractivity contribution < 1.29 is 24.2 Å². The molecule has 0 saturated heterocycles. The Morgan fingerprint density at radius 3 is 2.63 bits per heavy atom. The van der Waals surface area contributed by atoms with Crippen LogP contribution in [-0.2, 0) is 9.59 Å². The summed E-state index contributed by atoms with van der Waals surface area (Å²) in [7, 11) is 3.12. The van der Waals surface area contributed by atoms with Gasteiger partial charge in [-0.05, 0) is 36.1 Å². The zero-order valence-corrected chi connectivity index (χ0v) is 15.8. The third kappa shape index (κ3) is 4.11. The molecule has 1 amide bonds. The smallest absolute Gasteiger partial charge is 0.243 e. The number of aliphatic carboxylic acids is 1. The van der Waals surface area contributed by atoms with E-state index in [0.717, 1.165) is 16.2 Å². The number of carboxylic acids is 1. The summed E-state index contributed by atoms with van der Waals surface area (Å²) in [5.74, 6) is -0.406. The predicted octanol–water partition coefficient (Wildman–Crippen LogP) is 1.97. The molecule has 1 aliphatic heterocycles. The van der Waals surface area contributed by atoms with Gasteiger partial charge in [0.2, 0.25) is 5.91 Å². The molecule has 8 heteroatoms. The van der Waals surface area contributed by atoms with Crippen molar-refractivity contribution >= 4 is 28.9 Å². The number of rotatable bonds is 7. The second kappa shape index (κ2) is 8.22. The average Bonchev–Trinajstić information content (AvgIpc) is 3.34. The number of hydrazone groups is 1. The van der Waals surface area contributed by atoms with Crippen molar-refractivity contribution in [2.75, 3.05) is 14.2 Å². The molecule has 0 fully saturated rings. The first-order valence-electron chi connectivity index (χ1n) is 8.38. The molecule has 3 rings (SSSR count). The Labute approximate surface area is 160 Å². The van der Waals surface area contributed by atoms with Crippen LogP contribution < -0.4 is 14.6 Å². The summed E-state index contributed by atoms with van der Waals surface area (Å²) in [5, 5.41) is 18.5. The maximum atomic E-state index is 12.5. The van der Waals surface area contributed by atoms with E-state index < -0.39 is 5.97 Å². The number of amides is 1. The Kier molecular flexibility index (Phi) is 5.75. The van der Waals surface area contributed by atoms with Crippen LogP contribution in [0.1, 0.15) is 35.7 Å². The van der Waals surface area contributed by atoms with E-state index in [2.05, 4.69) is 5.10 Å². The molecule has 0 aliphatic carbocycles. The van der Waals surface area contributed by atoms with Crippen molar-refractivity contribution in [1.29, 1.82) is 0 Å². The molecule has 2 aromatic rings. The van der Waals surface area contributed by atoms with Crippen LogP contribution in [0.2, 0.25) is 0 Å². The highest BCUT2D eigenvalue weighted by molar-refractivity contribution is 7.10. The third-order valence-corrected chi connectivity index (χ3v) is 5.27. The summed E-state index contributed by atoms with van der Waals surface area (Å²) < 4.78 is 10.6. The Hall–Kier alpha value is -2.87. The Bertz CT molecular complexity index is 863. The predicted molar refractivity (Wildman–Crippen MR) is 98.8 cm³/mol. The molecular weight excluding hydrogens is 368 g/mol. The molecule has 0 saturated carbocycles. The van der Waals surface area contributed by atoms with Gasteiger partial charge in [-0.3, -0.25) is 4.79 Å². The third-order valence-electron chi connectivity index (χ3n) is 4.30. The number of hydrogen-bond acceptors (Lipinski definition) is 7. The van der Waals surface area contributed by atoms with Crippen LogP contribution in [0.15, 0.2) is 40.8 Å². The number of ether oxygens (including phenoxy) is 2. The fraction of sp³-hybridized carbons (Fsp3) is 0.316. The Balaban J connectivity index is 1.90. The van der Waals surface area contributed by atoms with Gasteiger partial charge in [0.05, 0.1) is 26.0 Å².